The van der Waals surface area contributed by atoms with Gasteiger partial charge < -0.3 is 9.47 Å². The van der Waals surface area contributed by atoms with E-state index in [0.29, 0.717) is 0 Å². The van der Waals surface area contributed by atoms with Gasteiger partial charge in [0.15, 0.2) is 14.2 Å². The molecule has 2 nitrogen and oxygen atoms in total. The van der Waals surface area contributed by atoms with Crippen LogP contribution in [0, 0.1) is 6.92 Å². The fourth-order valence-electron chi connectivity index (χ4n) is 2.28. The Morgan fingerprint density at radius 2 is 1.80 bits per heavy atom. The molecule has 0 saturated heterocycles. The van der Waals surface area contributed by atoms with E-state index in [9.17, 15) is 0 Å². The Balaban J connectivity index is 3.36. The summed E-state index contributed by atoms with van der Waals surface area (Å²) in [6, 6.07) is 5.30. The van der Waals surface area contributed by atoms with Gasteiger partial charge in [-0.2, -0.15) is 11.1 Å². The summed E-state index contributed by atoms with van der Waals surface area (Å²) in [5, 5.41) is 0. The van der Waals surface area contributed by atoms with Crippen LogP contribution in [0.25, 0.3) is 0 Å². The van der Waals surface area contributed by atoms with Gasteiger partial charge in [0.1, 0.15) is 5.75 Å². The normalized spacial score (nSPS) is 12.6. The Kier molecular flexibility index (Phi) is 5.70. The number of hydrogen-bond donors (Lipinski definition) is 0. The number of rotatable bonds is 5. The van der Waals surface area contributed by atoms with Crippen LogP contribution in [-0.2, 0) is 16.2 Å². The lowest BCUT2D eigenvalue weighted by Crippen LogP contribution is -2.23. The third-order valence-corrected chi connectivity index (χ3v) is 4.67. The molecule has 4 heteroatoms. The second-order valence-electron chi connectivity index (χ2n) is 7.00. The minimum absolute atomic E-state index is 0.0296. The Morgan fingerprint density at radius 3 is 2.25 bits per heavy atom. The van der Waals surface area contributed by atoms with Gasteiger partial charge in [-0.1, -0.05) is 51.6 Å². The predicted octanol–water partition coefficient (Wildman–Crippen LogP) is 4.80. The van der Waals surface area contributed by atoms with Crippen molar-refractivity contribution >= 4 is 18.5 Å². The van der Waals surface area contributed by atoms with E-state index in [1.165, 1.54) is 16.7 Å². The highest BCUT2D eigenvalue weighted by atomic mass is 35.6. The molecule has 114 valence electrons. The van der Waals surface area contributed by atoms with Crippen LogP contribution in [0.15, 0.2) is 12.1 Å². The molecule has 0 unspecified atom stereocenters. The van der Waals surface area contributed by atoms with Gasteiger partial charge in [-0.25, -0.2) is 0 Å². The second kappa shape index (κ2) is 6.50. The lowest BCUT2D eigenvalue weighted by Gasteiger charge is -2.27. The molecule has 0 atom stereocenters. The topological polar surface area (TPSA) is 18.5 Å². The highest BCUT2D eigenvalue weighted by molar-refractivity contribution is 7.18. The summed E-state index contributed by atoms with van der Waals surface area (Å²) in [6.07, 6.45) is 0. The van der Waals surface area contributed by atoms with E-state index in [4.69, 9.17) is 20.6 Å². The number of aryl methyl sites for hydroxylation is 1. The molecule has 0 N–H and O–H groups in total. The van der Waals surface area contributed by atoms with E-state index in [2.05, 4.69) is 52.9 Å². The molecule has 0 aliphatic carbocycles. The molecule has 0 amide bonds. The summed E-state index contributed by atoms with van der Waals surface area (Å²) in [7, 11) is -0.0785. The SMILES string of the molecule is COCOc1c(C[Si](C)(C)Cl)cc(C)cc1C(C)(C)C. The van der Waals surface area contributed by atoms with Crippen LogP contribution in [0.4, 0.5) is 0 Å². The highest BCUT2D eigenvalue weighted by Crippen LogP contribution is 2.37. The van der Waals surface area contributed by atoms with Crippen LogP contribution >= 0.6 is 11.1 Å². The smallest absolute Gasteiger partial charge is 0.188 e. The number of halogens is 1. The van der Waals surface area contributed by atoms with Crippen molar-refractivity contribution in [2.24, 2.45) is 0 Å². The van der Waals surface area contributed by atoms with Crippen LogP contribution in [0.3, 0.4) is 0 Å². The van der Waals surface area contributed by atoms with Crippen molar-refractivity contribution in [2.75, 3.05) is 13.9 Å². The van der Waals surface area contributed by atoms with E-state index in [-0.39, 0.29) is 12.2 Å². The first-order valence-corrected chi connectivity index (χ1v) is 11.2. The zero-order chi connectivity index (χ0) is 15.6. The van der Waals surface area contributed by atoms with Crippen LogP contribution in [-0.4, -0.2) is 21.3 Å². The van der Waals surface area contributed by atoms with Crippen molar-refractivity contribution in [3.63, 3.8) is 0 Å². The maximum Gasteiger partial charge on any atom is 0.188 e. The molecule has 20 heavy (non-hydrogen) atoms. The molecule has 0 fully saturated rings. The van der Waals surface area contributed by atoms with Crippen LogP contribution in [0.2, 0.25) is 13.1 Å². The molecular weight excluding hydrogens is 288 g/mol. The number of hydrogen-bond acceptors (Lipinski definition) is 2. The second-order valence-corrected chi connectivity index (χ2v) is 13.9. The Hall–Kier alpha value is -0.513. The van der Waals surface area contributed by atoms with Gasteiger partial charge in [-0.05, 0) is 23.9 Å². The quantitative estimate of drug-likeness (QED) is 0.441. The van der Waals surface area contributed by atoms with Crippen LogP contribution in [0.5, 0.6) is 5.75 Å². The number of ether oxygens (including phenoxy) is 2. The van der Waals surface area contributed by atoms with E-state index in [0.717, 1.165) is 11.8 Å². The van der Waals surface area contributed by atoms with Crippen molar-refractivity contribution in [2.45, 2.75) is 52.2 Å². The maximum atomic E-state index is 6.54. The van der Waals surface area contributed by atoms with E-state index >= 15 is 0 Å². The third-order valence-electron chi connectivity index (χ3n) is 3.05. The van der Waals surface area contributed by atoms with E-state index in [1.807, 2.05) is 0 Å². The van der Waals surface area contributed by atoms with Crippen molar-refractivity contribution in [1.29, 1.82) is 0 Å². The van der Waals surface area contributed by atoms with Crippen LogP contribution < -0.4 is 4.74 Å². The molecule has 0 aliphatic rings. The molecule has 1 aromatic carbocycles. The Labute approximate surface area is 129 Å². The third kappa shape index (κ3) is 5.11. The van der Waals surface area contributed by atoms with E-state index < -0.39 is 7.38 Å². The van der Waals surface area contributed by atoms with Gasteiger partial charge in [-0.3, -0.25) is 0 Å². The van der Waals surface area contributed by atoms with Gasteiger partial charge in [0.05, 0.1) is 0 Å². The molecule has 0 heterocycles. The Morgan fingerprint density at radius 1 is 1.20 bits per heavy atom. The van der Waals surface area contributed by atoms with Gasteiger partial charge in [0.2, 0.25) is 0 Å². The van der Waals surface area contributed by atoms with Crippen LogP contribution in [0.1, 0.15) is 37.5 Å². The molecule has 0 spiro atoms. The largest absolute Gasteiger partial charge is 0.467 e. The number of methoxy groups -OCH3 is 1. The zero-order valence-corrected chi connectivity index (χ0v) is 15.5. The minimum atomic E-state index is -1.72. The Bertz CT molecular complexity index is 459. The average Bonchev–Trinajstić information content (AvgIpc) is 2.23. The average molecular weight is 315 g/mol. The van der Waals surface area contributed by atoms with Gasteiger partial charge in [0, 0.05) is 12.7 Å². The predicted molar refractivity (Wildman–Crippen MR) is 89.4 cm³/mol. The van der Waals surface area contributed by atoms with Crippen molar-refractivity contribution < 1.29 is 9.47 Å². The summed E-state index contributed by atoms with van der Waals surface area (Å²) < 4.78 is 11.0. The molecule has 1 rings (SSSR count). The maximum absolute atomic E-state index is 6.54. The standard InChI is InChI=1S/C16H27ClO2Si/c1-12-8-13(10-20(6,7)17)15(19-11-18-5)14(9-12)16(2,3)4/h8-9H,10-11H2,1-7H3. The summed E-state index contributed by atoms with van der Waals surface area (Å²) in [4.78, 5) is 0. The molecule has 0 aliphatic heterocycles. The monoisotopic (exact) mass is 314 g/mol. The fraction of sp³-hybridized carbons (Fsp3) is 0.625. The lowest BCUT2D eigenvalue weighted by atomic mass is 9.84. The summed E-state index contributed by atoms with van der Waals surface area (Å²) in [5.74, 6) is 0.950. The van der Waals surface area contributed by atoms with E-state index in [1.54, 1.807) is 7.11 Å². The first kappa shape index (κ1) is 17.5. The van der Waals surface area contributed by atoms with Gasteiger partial charge in [0.25, 0.3) is 0 Å². The molecule has 0 radical (unpaired) electrons. The first-order chi connectivity index (χ1) is 9.04. The van der Waals surface area contributed by atoms with Crippen molar-refractivity contribution in [1.82, 2.24) is 0 Å². The van der Waals surface area contributed by atoms with Crippen molar-refractivity contribution in [3.05, 3.63) is 28.8 Å². The molecule has 0 aromatic heterocycles. The fourth-order valence-corrected chi connectivity index (χ4v) is 3.88. The number of benzene rings is 1. The van der Waals surface area contributed by atoms with Gasteiger partial charge >= 0.3 is 0 Å². The lowest BCUT2D eigenvalue weighted by molar-refractivity contribution is 0.0492. The molecule has 1 aromatic rings. The van der Waals surface area contributed by atoms with Crippen molar-refractivity contribution in [3.8, 4) is 5.75 Å². The van der Waals surface area contributed by atoms with Gasteiger partial charge in [-0.15, -0.1) is 0 Å². The molecule has 0 saturated carbocycles. The first-order valence-electron chi connectivity index (χ1n) is 6.99. The highest BCUT2D eigenvalue weighted by Gasteiger charge is 2.26. The molecular formula is C16H27ClO2Si. The summed E-state index contributed by atoms with van der Waals surface area (Å²) in [6.45, 7) is 13.3. The summed E-state index contributed by atoms with van der Waals surface area (Å²) in [5.41, 5.74) is 3.71. The minimum Gasteiger partial charge on any atom is -0.467 e. The zero-order valence-electron chi connectivity index (χ0n) is 13.8. The summed E-state index contributed by atoms with van der Waals surface area (Å²) >= 11 is 6.54. The molecule has 0 bridgehead atoms.